The molecule has 1 saturated heterocycles. The van der Waals surface area contributed by atoms with Gasteiger partial charge in [0.25, 0.3) is 5.56 Å². The average molecular weight is 418 g/mol. The lowest BCUT2D eigenvalue weighted by molar-refractivity contribution is 0.0975. The summed E-state index contributed by atoms with van der Waals surface area (Å²) in [5.74, 6) is 0. The van der Waals surface area contributed by atoms with Crippen molar-refractivity contribution < 1.29 is 4.74 Å². The van der Waals surface area contributed by atoms with Crippen molar-refractivity contribution in [3.05, 3.63) is 55.8 Å². The average Bonchev–Trinajstić information content (AvgIpc) is 3.26. The second kappa shape index (κ2) is 6.55. The number of fused-ring (bicyclic) bond motifs is 1. The number of halogens is 1. The van der Waals surface area contributed by atoms with E-state index in [2.05, 4.69) is 20.5 Å². The highest BCUT2D eigenvalue weighted by molar-refractivity contribution is 9.10. The quantitative estimate of drug-likeness (QED) is 0.657. The van der Waals surface area contributed by atoms with Crippen molar-refractivity contribution in [3.63, 3.8) is 0 Å². The Labute approximate surface area is 158 Å². The molecular formula is C19H20BrN3O3. The van der Waals surface area contributed by atoms with Gasteiger partial charge in [0.05, 0.1) is 22.7 Å². The van der Waals surface area contributed by atoms with Crippen LogP contribution < -0.4 is 11.2 Å². The Kier molecular flexibility index (Phi) is 4.36. The minimum Gasteiger partial charge on any atom is -0.376 e. The van der Waals surface area contributed by atoms with E-state index in [1.54, 1.807) is 7.05 Å². The van der Waals surface area contributed by atoms with Crippen LogP contribution in [0.1, 0.15) is 12.8 Å². The zero-order chi connectivity index (χ0) is 18.4. The first-order chi connectivity index (χ1) is 12.5. The highest BCUT2D eigenvalue weighted by Crippen LogP contribution is 2.31. The summed E-state index contributed by atoms with van der Waals surface area (Å²) >= 11 is 3.51. The van der Waals surface area contributed by atoms with Gasteiger partial charge in [-0.05, 0) is 25.0 Å². The van der Waals surface area contributed by atoms with Gasteiger partial charge in [-0.2, -0.15) is 0 Å². The van der Waals surface area contributed by atoms with Gasteiger partial charge in [-0.15, -0.1) is 0 Å². The normalized spacial score (nSPS) is 17.3. The van der Waals surface area contributed by atoms with Gasteiger partial charge in [-0.3, -0.25) is 13.9 Å². The number of hydrogen-bond donors (Lipinski definition) is 0. The summed E-state index contributed by atoms with van der Waals surface area (Å²) < 4.78 is 11.5. The first-order valence-corrected chi connectivity index (χ1v) is 9.43. The van der Waals surface area contributed by atoms with E-state index in [1.807, 2.05) is 30.5 Å². The van der Waals surface area contributed by atoms with E-state index in [0.29, 0.717) is 17.4 Å². The molecular weight excluding hydrogens is 398 g/mol. The topological polar surface area (TPSA) is 58.2 Å². The zero-order valence-electron chi connectivity index (χ0n) is 14.7. The Hall–Kier alpha value is -2.12. The van der Waals surface area contributed by atoms with E-state index in [-0.39, 0.29) is 17.4 Å². The second-order valence-corrected chi connectivity index (χ2v) is 7.66. The van der Waals surface area contributed by atoms with Crippen molar-refractivity contribution in [1.82, 2.24) is 13.7 Å². The standard InChI is InChI=1S/C19H20BrN3O3/c1-21-15-11-23(10-14-7-4-8-26-14)17(12-5-3-6-13(20)9-12)16(15)18(24)22(2)19(21)25/h3,5-6,9,11,14H,4,7-8,10H2,1-2H3/t14-/m0/s1. The van der Waals surface area contributed by atoms with E-state index < -0.39 is 0 Å². The lowest BCUT2D eigenvalue weighted by atomic mass is 10.1. The number of aromatic nitrogens is 3. The Morgan fingerprint density at radius 1 is 1.23 bits per heavy atom. The van der Waals surface area contributed by atoms with E-state index in [4.69, 9.17) is 4.74 Å². The summed E-state index contributed by atoms with van der Waals surface area (Å²) in [5, 5.41) is 0.561. The number of nitrogens with zero attached hydrogens (tertiary/aromatic N) is 3. The monoisotopic (exact) mass is 417 g/mol. The summed E-state index contributed by atoms with van der Waals surface area (Å²) in [4.78, 5) is 25.3. The molecule has 0 amide bonds. The molecule has 0 bridgehead atoms. The molecule has 0 spiro atoms. The largest absolute Gasteiger partial charge is 0.376 e. The molecule has 1 aromatic carbocycles. The van der Waals surface area contributed by atoms with Crippen LogP contribution >= 0.6 is 15.9 Å². The van der Waals surface area contributed by atoms with Crippen molar-refractivity contribution in [1.29, 1.82) is 0 Å². The third kappa shape index (κ3) is 2.75. The maximum absolute atomic E-state index is 12.9. The van der Waals surface area contributed by atoms with Crippen LogP contribution in [-0.4, -0.2) is 26.4 Å². The van der Waals surface area contributed by atoms with Crippen molar-refractivity contribution >= 4 is 26.8 Å². The van der Waals surface area contributed by atoms with E-state index >= 15 is 0 Å². The van der Waals surface area contributed by atoms with Gasteiger partial charge in [0, 0.05) is 43.5 Å². The molecule has 4 rings (SSSR count). The van der Waals surface area contributed by atoms with Gasteiger partial charge >= 0.3 is 5.69 Å². The molecule has 7 heteroatoms. The maximum atomic E-state index is 12.9. The Morgan fingerprint density at radius 2 is 2.04 bits per heavy atom. The molecule has 3 heterocycles. The molecule has 3 aromatic rings. The fourth-order valence-corrected chi connectivity index (χ4v) is 4.09. The molecule has 1 fully saturated rings. The number of aryl methyl sites for hydroxylation is 1. The van der Waals surface area contributed by atoms with Crippen molar-refractivity contribution in [2.45, 2.75) is 25.5 Å². The second-order valence-electron chi connectivity index (χ2n) is 6.74. The van der Waals surface area contributed by atoms with Crippen LogP contribution in [-0.2, 0) is 25.4 Å². The fourth-order valence-electron chi connectivity index (χ4n) is 3.69. The molecule has 0 N–H and O–H groups in total. The van der Waals surface area contributed by atoms with Gasteiger partial charge in [0.15, 0.2) is 0 Å². The third-order valence-electron chi connectivity index (χ3n) is 5.03. The Morgan fingerprint density at radius 3 is 2.73 bits per heavy atom. The first-order valence-electron chi connectivity index (χ1n) is 8.64. The Bertz CT molecular complexity index is 1100. The molecule has 2 aromatic heterocycles. The molecule has 0 aliphatic carbocycles. The van der Waals surface area contributed by atoms with Crippen LogP contribution in [0.3, 0.4) is 0 Å². The summed E-state index contributed by atoms with van der Waals surface area (Å²) in [6.07, 6.45) is 4.08. The molecule has 26 heavy (non-hydrogen) atoms. The lowest BCUT2D eigenvalue weighted by Gasteiger charge is -2.14. The predicted molar refractivity (Wildman–Crippen MR) is 105 cm³/mol. The molecule has 1 atom stereocenters. The molecule has 6 nitrogen and oxygen atoms in total. The van der Waals surface area contributed by atoms with Crippen LogP contribution in [0.25, 0.3) is 22.2 Å². The molecule has 0 saturated carbocycles. The van der Waals surface area contributed by atoms with Crippen molar-refractivity contribution in [2.75, 3.05) is 6.61 Å². The highest BCUT2D eigenvalue weighted by atomic mass is 79.9. The summed E-state index contributed by atoms with van der Waals surface area (Å²) in [5.41, 5.74) is 1.81. The molecule has 0 unspecified atom stereocenters. The highest BCUT2D eigenvalue weighted by Gasteiger charge is 2.23. The van der Waals surface area contributed by atoms with Crippen LogP contribution in [0.5, 0.6) is 0 Å². The number of hydrogen-bond acceptors (Lipinski definition) is 3. The van der Waals surface area contributed by atoms with Crippen LogP contribution in [0.4, 0.5) is 0 Å². The zero-order valence-corrected chi connectivity index (χ0v) is 16.3. The van der Waals surface area contributed by atoms with Crippen molar-refractivity contribution in [3.8, 4) is 11.3 Å². The minimum atomic E-state index is -0.322. The van der Waals surface area contributed by atoms with E-state index in [1.165, 1.54) is 16.2 Å². The molecule has 136 valence electrons. The van der Waals surface area contributed by atoms with Gasteiger partial charge in [0.1, 0.15) is 0 Å². The van der Waals surface area contributed by atoms with Crippen molar-refractivity contribution in [2.24, 2.45) is 14.1 Å². The SMILES string of the molecule is Cn1c(=O)c2c(-c3cccc(Br)c3)n(C[C@@H]3CCCO3)cc2n(C)c1=O. The Balaban J connectivity index is 2.04. The number of rotatable bonds is 3. The summed E-state index contributed by atoms with van der Waals surface area (Å²) in [7, 11) is 3.22. The van der Waals surface area contributed by atoms with E-state index in [9.17, 15) is 9.59 Å². The van der Waals surface area contributed by atoms with Crippen LogP contribution in [0.2, 0.25) is 0 Å². The minimum absolute atomic E-state index is 0.128. The number of benzene rings is 1. The van der Waals surface area contributed by atoms with E-state index in [0.717, 1.165) is 35.2 Å². The third-order valence-corrected chi connectivity index (χ3v) is 5.53. The molecule has 1 aliphatic rings. The fraction of sp³-hybridized carbons (Fsp3) is 0.368. The summed E-state index contributed by atoms with van der Waals surface area (Å²) in [6.45, 7) is 1.44. The van der Waals surface area contributed by atoms with Gasteiger partial charge in [-0.1, -0.05) is 28.1 Å². The number of ether oxygens (including phenoxy) is 1. The molecule has 0 radical (unpaired) electrons. The maximum Gasteiger partial charge on any atom is 0.330 e. The lowest BCUT2D eigenvalue weighted by Crippen LogP contribution is -2.36. The smallest absolute Gasteiger partial charge is 0.330 e. The van der Waals surface area contributed by atoms with Crippen LogP contribution in [0.15, 0.2) is 44.5 Å². The first kappa shape index (κ1) is 17.3. The summed E-state index contributed by atoms with van der Waals surface area (Å²) in [6, 6.07) is 7.87. The molecule has 1 aliphatic heterocycles. The van der Waals surface area contributed by atoms with Gasteiger partial charge in [-0.25, -0.2) is 4.79 Å². The van der Waals surface area contributed by atoms with Gasteiger partial charge in [0.2, 0.25) is 0 Å². The predicted octanol–water partition coefficient (Wildman–Crippen LogP) is 2.65. The van der Waals surface area contributed by atoms with Crippen LogP contribution in [0, 0.1) is 0 Å². The van der Waals surface area contributed by atoms with Gasteiger partial charge < -0.3 is 9.30 Å².